The number of carboxylic acid groups (broad SMARTS) is 2. The number of thiol groups is 1. The molecule has 5 rings (SSSR count). The van der Waals surface area contributed by atoms with E-state index >= 15 is 0 Å². The maximum Gasteiger partial charge on any atom is 0.303 e. The lowest BCUT2D eigenvalue weighted by atomic mass is 9.91. The highest BCUT2D eigenvalue weighted by Crippen LogP contribution is 2.46. The average molecular weight is 653 g/mol. The van der Waals surface area contributed by atoms with E-state index in [9.17, 15) is 29.4 Å². The van der Waals surface area contributed by atoms with Gasteiger partial charge in [-0.1, -0.05) is 6.92 Å². The van der Waals surface area contributed by atoms with Crippen LogP contribution < -0.4 is 16.0 Å². The molecule has 0 radical (unpaired) electrons. The van der Waals surface area contributed by atoms with Crippen LogP contribution in [0, 0.1) is 18.8 Å². The zero-order valence-corrected chi connectivity index (χ0v) is 27.5. The normalized spacial score (nSPS) is 28.1. The third kappa shape index (κ3) is 6.96. The summed E-state index contributed by atoms with van der Waals surface area (Å²) < 4.78 is 0. The lowest BCUT2D eigenvalue weighted by Gasteiger charge is -2.20. The molecule has 240 valence electrons. The molecule has 1 aromatic rings. The first kappa shape index (κ1) is 32.7. The highest BCUT2D eigenvalue weighted by atomic mass is 32.2. The standard InChI is InChI=1S/C33H40N4O6S2/c1-15-19(5-7-29(38)39)25(34-22(15)11-24-17(3)21(9-10-44)33(43)36-24)13-26-20(6-8-30(40)41)16(2)23(35-26)12-27-31(28-14-45-28)18(4)32(42)37-27/h9-10,12-13,18,22,24,28,31,34-35,44H,5-8,11,14H2,1-4H3,(H,36,43)(H,37,42)(H,38,39)(H,40,41)/b10-9-,25-13+,27-12-/t18-,22?,24-,28+,31-/m1/s1. The first-order valence-corrected chi connectivity index (χ1v) is 16.8. The van der Waals surface area contributed by atoms with Gasteiger partial charge in [0.1, 0.15) is 0 Å². The summed E-state index contributed by atoms with van der Waals surface area (Å²) in [5.41, 5.74) is 8.39. The molecule has 2 amide bonds. The van der Waals surface area contributed by atoms with Crippen LogP contribution in [0.2, 0.25) is 0 Å². The summed E-state index contributed by atoms with van der Waals surface area (Å²) in [6.45, 7) is 7.82. The van der Waals surface area contributed by atoms with Gasteiger partial charge in [0.05, 0.1) is 6.04 Å². The fraction of sp³-hybridized carbons (Fsp3) is 0.455. The topological polar surface area (TPSA) is 161 Å². The number of rotatable bonds is 12. The van der Waals surface area contributed by atoms with Crippen LogP contribution in [0.4, 0.5) is 0 Å². The van der Waals surface area contributed by atoms with Gasteiger partial charge in [0.15, 0.2) is 0 Å². The smallest absolute Gasteiger partial charge is 0.303 e. The predicted molar refractivity (Wildman–Crippen MR) is 178 cm³/mol. The molecule has 6 N–H and O–H groups in total. The molecule has 0 saturated carbocycles. The molecule has 5 heterocycles. The van der Waals surface area contributed by atoms with Gasteiger partial charge in [-0.15, -0.1) is 0 Å². The molecule has 2 fully saturated rings. The Labute approximate surface area is 272 Å². The fourth-order valence-electron chi connectivity index (χ4n) is 6.69. The van der Waals surface area contributed by atoms with Crippen LogP contribution in [0.1, 0.15) is 69.0 Å². The van der Waals surface area contributed by atoms with Gasteiger partial charge in [0, 0.05) is 70.1 Å². The fourth-order valence-corrected chi connectivity index (χ4v) is 7.74. The second-order valence-corrected chi connectivity index (χ2v) is 13.8. The molecule has 0 bridgehead atoms. The minimum atomic E-state index is -0.900. The third-order valence-electron chi connectivity index (χ3n) is 9.42. The van der Waals surface area contributed by atoms with Crippen LogP contribution in [0.5, 0.6) is 0 Å². The van der Waals surface area contributed by atoms with Gasteiger partial charge in [0.2, 0.25) is 5.91 Å². The lowest BCUT2D eigenvalue weighted by Crippen LogP contribution is -2.36. The van der Waals surface area contributed by atoms with Crippen molar-refractivity contribution in [2.45, 2.75) is 77.1 Å². The van der Waals surface area contributed by atoms with Gasteiger partial charge >= 0.3 is 11.9 Å². The zero-order chi connectivity index (χ0) is 32.6. The first-order chi connectivity index (χ1) is 21.4. The van der Waals surface area contributed by atoms with E-state index in [1.807, 2.05) is 51.6 Å². The number of hydrogen-bond acceptors (Lipinski definition) is 7. The van der Waals surface area contributed by atoms with Crippen LogP contribution in [0.3, 0.4) is 0 Å². The van der Waals surface area contributed by atoms with Crippen LogP contribution in [0.25, 0.3) is 12.2 Å². The number of allylic oxidation sites excluding steroid dienone is 2. The van der Waals surface area contributed by atoms with Crippen molar-refractivity contribution in [2.24, 2.45) is 11.8 Å². The first-order valence-electron chi connectivity index (χ1n) is 15.2. The van der Waals surface area contributed by atoms with Crippen molar-refractivity contribution in [3.63, 3.8) is 0 Å². The Morgan fingerprint density at radius 1 is 0.978 bits per heavy atom. The van der Waals surface area contributed by atoms with Crippen molar-refractivity contribution < 1.29 is 29.4 Å². The average Bonchev–Trinajstić information content (AvgIpc) is 3.56. The largest absolute Gasteiger partial charge is 0.481 e. The molecular formula is C33H40N4O6S2. The van der Waals surface area contributed by atoms with Gasteiger partial charge < -0.3 is 31.1 Å². The molecule has 1 unspecified atom stereocenters. The molecule has 5 atom stereocenters. The number of carbonyl (C=O) groups excluding carboxylic acids is 2. The number of aliphatic carboxylic acids is 2. The number of hydrogen-bond donors (Lipinski definition) is 7. The molecule has 1 aromatic heterocycles. The Morgan fingerprint density at radius 2 is 1.64 bits per heavy atom. The third-order valence-corrected chi connectivity index (χ3v) is 10.6. The summed E-state index contributed by atoms with van der Waals surface area (Å²) in [7, 11) is 0. The quantitative estimate of drug-likeness (QED) is 0.130. The van der Waals surface area contributed by atoms with Crippen LogP contribution >= 0.6 is 24.4 Å². The lowest BCUT2D eigenvalue weighted by molar-refractivity contribution is -0.138. The summed E-state index contributed by atoms with van der Waals surface area (Å²) in [6, 6.07) is -0.338. The number of H-pyrrole nitrogens is 1. The Bertz CT molecular complexity index is 1600. The van der Waals surface area contributed by atoms with Crippen molar-refractivity contribution in [3.05, 3.63) is 67.7 Å². The van der Waals surface area contributed by atoms with E-state index in [-0.39, 0.29) is 48.6 Å². The molecular weight excluding hydrogens is 613 g/mol. The number of carbonyl (C=O) groups is 4. The van der Waals surface area contributed by atoms with Crippen LogP contribution in [0.15, 0.2) is 45.2 Å². The minimum Gasteiger partial charge on any atom is -0.481 e. The van der Waals surface area contributed by atoms with Crippen molar-refractivity contribution in [1.82, 2.24) is 20.9 Å². The van der Waals surface area contributed by atoms with Gasteiger partial charge in [-0.05, 0) is 91.5 Å². The summed E-state index contributed by atoms with van der Waals surface area (Å²) in [5, 5.41) is 30.6. The summed E-state index contributed by atoms with van der Waals surface area (Å²) in [6.07, 6.45) is 6.73. The Hall–Kier alpha value is -3.64. The summed E-state index contributed by atoms with van der Waals surface area (Å²) in [4.78, 5) is 51.8. The van der Waals surface area contributed by atoms with E-state index in [4.69, 9.17) is 0 Å². The molecule has 4 aliphatic heterocycles. The minimum absolute atomic E-state index is 0.0126. The molecule has 45 heavy (non-hydrogen) atoms. The zero-order valence-electron chi connectivity index (χ0n) is 25.8. The number of amides is 2. The van der Waals surface area contributed by atoms with Crippen molar-refractivity contribution in [2.75, 3.05) is 5.75 Å². The Kier molecular flexibility index (Phi) is 9.74. The van der Waals surface area contributed by atoms with E-state index in [0.717, 1.165) is 56.4 Å². The van der Waals surface area contributed by atoms with E-state index in [1.165, 1.54) is 0 Å². The number of nitrogens with one attached hydrogen (secondary N) is 4. The van der Waals surface area contributed by atoms with E-state index in [0.29, 0.717) is 30.1 Å². The predicted octanol–water partition coefficient (Wildman–Crippen LogP) is 4.32. The van der Waals surface area contributed by atoms with Crippen molar-refractivity contribution >= 4 is 60.3 Å². The molecule has 10 nitrogen and oxygen atoms in total. The molecule has 4 aliphatic rings. The second-order valence-electron chi connectivity index (χ2n) is 12.2. The van der Waals surface area contributed by atoms with Crippen molar-refractivity contribution in [1.29, 1.82) is 0 Å². The maximum absolute atomic E-state index is 12.6. The molecule has 0 spiro atoms. The highest BCUT2D eigenvalue weighted by molar-refractivity contribution is 8.06. The molecule has 0 aliphatic carbocycles. The Morgan fingerprint density at radius 3 is 2.29 bits per heavy atom. The Balaban J connectivity index is 1.50. The van der Waals surface area contributed by atoms with Crippen LogP contribution in [-0.4, -0.2) is 62.0 Å². The number of aromatic amines is 1. The second kappa shape index (κ2) is 13.4. The summed E-state index contributed by atoms with van der Waals surface area (Å²) >= 11 is 5.96. The van der Waals surface area contributed by atoms with E-state index in [2.05, 4.69) is 33.6 Å². The number of aromatic nitrogens is 1. The number of carboxylic acids is 2. The highest BCUT2D eigenvalue weighted by Gasteiger charge is 2.45. The van der Waals surface area contributed by atoms with E-state index in [1.54, 1.807) is 11.5 Å². The van der Waals surface area contributed by atoms with Gasteiger partial charge in [0.25, 0.3) is 5.91 Å². The van der Waals surface area contributed by atoms with Crippen LogP contribution in [-0.2, 0) is 25.6 Å². The van der Waals surface area contributed by atoms with Gasteiger partial charge in [-0.25, -0.2) is 0 Å². The molecule has 12 heteroatoms. The van der Waals surface area contributed by atoms with Gasteiger partial charge in [-0.2, -0.15) is 24.4 Å². The molecule has 0 aromatic carbocycles. The monoisotopic (exact) mass is 652 g/mol. The SMILES string of the molecule is CC1=C(CCC(=O)O)/C(=C\c2[nH]c(/C=C3\NC(=O)[C@H](C)[C@H]3[C@@H]3CS3)c(C)c2CCC(=O)O)NC1C[C@H]1NC(=O)C(/C=C\S)=C1C. The van der Waals surface area contributed by atoms with Gasteiger partial charge in [-0.3, -0.25) is 19.2 Å². The molecule has 2 saturated heterocycles. The maximum atomic E-state index is 12.6. The summed E-state index contributed by atoms with van der Waals surface area (Å²) in [5.74, 6) is -0.912. The number of thioether (sulfide) groups is 1. The van der Waals surface area contributed by atoms with Crippen molar-refractivity contribution in [3.8, 4) is 0 Å². The van der Waals surface area contributed by atoms with E-state index < -0.39 is 11.9 Å².